The molecule has 4 nitrogen and oxygen atoms in total. The quantitative estimate of drug-likeness (QED) is 0.582. The highest BCUT2D eigenvalue weighted by Crippen LogP contribution is 2.26. The maximum Gasteiger partial charge on any atom is 0.205 e. The first kappa shape index (κ1) is 12.0. The van der Waals surface area contributed by atoms with Crippen LogP contribution in [-0.2, 0) is 7.05 Å². The summed E-state index contributed by atoms with van der Waals surface area (Å²) in [6, 6.07) is 14.4. The van der Waals surface area contributed by atoms with E-state index in [0.29, 0.717) is 11.1 Å². The molecule has 0 aromatic heterocycles. The van der Waals surface area contributed by atoms with Gasteiger partial charge in [-0.25, -0.2) is 0 Å². The number of pyridine rings is 1. The molecule has 4 heteroatoms. The molecule has 0 saturated heterocycles. The standard InChI is InChI=1S/C16H9N3O/c1-19-14-4-2-10(8-17)6-12(14)7-13-15(19)5-3-11(9-18)16(13)20/h2-7H,1H3. The third-order valence-electron chi connectivity index (χ3n) is 3.47. The molecule has 0 radical (unpaired) electrons. The van der Waals surface area contributed by atoms with Gasteiger partial charge in [0.25, 0.3) is 0 Å². The number of nitrogens with zero attached hydrogens (tertiary/aromatic N) is 3. The molecule has 1 heterocycles. The second kappa shape index (κ2) is 4.22. The predicted molar refractivity (Wildman–Crippen MR) is 75.2 cm³/mol. The van der Waals surface area contributed by atoms with Crippen molar-refractivity contribution in [2.45, 2.75) is 0 Å². The van der Waals surface area contributed by atoms with Gasteiger partial charge in [-0.2, -0.15) is 10.5 Å². The summed E-state index contributed by atoms with van der Waals surface area (Å²) in [6.07, 6.45) is 0. The van der Waals surface area contributed by atoms with Gasteiger partial charge in [0.15, 0.2) is 0 Å². The van der Waals surface area contributed by atoms with Crippen LogP contribution in [0.3, 0.4) is 0 Å². The Morgan fingerprint density at radius 2 is 1.85 bits per heavy atom. The van der Waals surface area contributed by atoms with Crippen LogP contribution in [0.25, 0.3) is 22.2 Å². The topological polar surface area (TPSA) is 69.6 Å². The minimum Gasteiger partial charge on any atom is -0.344 e. The zero-order valence-corrected chi connectivity index (χ0v) is 10.7. The van der Waals surface area contributed by atoms with Crippen LogP contribution in [0.15, 0.2) is 41.2 Å². The van der Waals surface area contributed by atoms with Crippen LogP contribution in [0, 0.1) is 22.7 Å². The smallest absolute Gasteiger partial charge is 0.205 e. The van der Waals surface area contributed by atoms with Crippen molar-refractivity contribution in [2.75, 3.05) is 0 Å². The molecule has 94 valence electrons. The fraction of sp³-hybridized carbons (Fsp3) is 0.0625. The van der Waals surface area contributed by atoms with E-state index in [1.54, 1.807) is 30.3 Å². The molecule has 1 aliphatic carbocycles. The molecule has 0 fully saturated rings. The SMILES string of the molecule is Cn1c2ccc(C#N)c(=O)c-2cc2cc(C#N)ccc21. The minimum atomic E-state index is -0.273. The highest BCUT2D eigenvalue weighted by molar-refractivity contribution is 5.87. The lowest BCUT2D eigenvalue weighted by atomic mass is 10.0. The maximum absolute atomic E-state index is 12.2. The van der Waals surface area contributed by atoms with Crippen molar-refractivity contribution in [1.29, 1.82) is 10.5 Å². The van der Waals surface area contributed by atoms with E-state index in [1.807, 2.05) is 23.8 Å². The highest BCUT2D eigenvalue weighted by atomic mass is 16.1. The zero-order chi connectivity index (χ0) is 14.3. The summed E-state index contributed by atoms with van der Waals surface area (Å²) in [5.41, 5.74) is 2.60. The number of nitriles is 2. The molecule has 3 rings (SSSR count). The summed E-state index contributed by atoms with van der Waals surface area (Å²) in [7, 11) is 1.86. The average Bonchev–Trinajstić information content (AvgIpc) is 2.48. The molecule has 0 bridgehead atoms. The fourth-order valence-electron chi connectivity index (χ4n) is 2.44. The summed E-state index contributed by atoms with van der Waals surface area (Å²) >= 11 is 0. The van der Waals surface area contributed by atoms with E-state index < -0.39 is 0 Å². The normalized spacial score (nSPS) is 10.3. The molecule has 0 saturated carbocycles. The Balaban J connectivity index is 2.53. The third kappa shape index (κ3) is 1.56. The second-order valence-electron chi connectivity index (χ2n) is 4.58. The Bertz CT molecular complexity index is 954. The van der Waals surface area contributed by atoms with Crippen molar-refractivity contribution in [3.05, 3.63) is 57.7 Å². The van der Waals surface area contributed by atoms with Crippen LogP contribution < -0.4 is 5.43 Å². The van der Waals surface area contributed by atoms with Gasteiger partial charge in [-0.15, -0.1) is 0 Å². The third-order valence-corrected chi connectivity index (χ3v) is 3.47. The molecule has 1 aromatic carbocycles. The van der Waals surface area contributed by atoms with Gasteiger partial charge < -0.3 is 4.57 Å². The highest BCUT2D eigenvalue weighted by Gasteiger charge is 2.14. The van der Waals surface area contributed by atoms with Gasteiger partial charge in [-0.1, -0.05) is 0 Å². The lowest BCUT2D eigenvalue weighted by molar-refractivity contribution is 0.959. The van der Waals surface area contributed by atoms with Gasteiger partial charge in [0, 0.05) is 23.5 Å². The van der Waals surface area contributed by atoms with Gasteiger partial charge in [-0.05, 0) is 36.4 Å². The second-order valence-corrected chi connectivity index (χ2v) is 4.58. The van der Waals surface area contributed by atoms with Crippen LogP contribution in [-0.4, -0.2) is 4.57 Å². The lowest BCUT2D eigenvalue weighted by Crippen LogP contribution is -2.13. The van der Waals surface area contributed by atoms with Crippen molar-refractivity contribution in [3.63, 3.8) is 0 Å². The van der Waals surface area contributed by atoms with Gasteiger partial charge in [0.05, 0.1) is 17.3 Å². The lowest BCUT2D eigenvalue weighted by Gasteiger charge is -2.15. The largest absolute Gasteiger partial charge is 0.344 e. The van der Waals surface area contributed by atoms with Gasteiger partial charge in [-0.3, -0.25) is 4.79 Å². The van der Waals surface area contributed by atoms with E-state index in [1.165, 1.54) is 0 Å². The molecule has 1 aliphatic heterocycles. The first-order valence-corrected chi connectivity index (χ1v) is 6.02. The van der Waals surface area contributed by atoms with E-state index >= 15 is 0 Å². The molecule has 2 aliphatic rings. The van der Waals surface area contributed by atoms with Gasteiger partial charge >= 0.3 is 0 Å². The molecule has 0 N–H and O–H groups in total. The Labute approximate surface area is 115 Å². The zero-order valence-electron chi connectivity index (χ0n) is 10.7. The number of fused-ring (bicyclic) bond motifs is 2. The molecule has 20 heavy (non-hydrogen) atoms. The molecule has 1 aromatic rings. The average molecular weight is 259 g/mol. The molecular formula is C16H9N3O. The van der Waals surface area contributed by atoms with E-state index in [4.69, 9.17) is 10.5 Å². The Morgan fingerprint density at radius 3 is 2.55 bits per heavy atom. The predicted octanol–water partition coefficient (Wildman–Crippen LogP) is 2.39. The monoisotopic (exact) mass is 259 g/mol. The van der Waals surface area contributed by atoms with Crippen LogP contribution in [0.1, 0.15) is 11.1 Å². The summed E-state index contributed by atoms with van der Waals surface area (Å²) in [5.74, 6) is 0. The number of benzene rings is 2. The van der Waals surface area contributed by atoms with E-state index in [0.717, 1.165) is 16.6 Å². The van der Waals surface area contributed by atoms with Crippen LogP contribution >= 0.6 is 0 Å². The molecular weight excluding hydrogens is 250 g/mol. The van der Waals surface area contributed by atoms with E-state index in [-0.39, 0.29) is 11.0 Å². The molecule has 0 spiro atoms. The van der Waals surface area contributed by atoms with Crippen molar-refractivity contribution in [2.24, 2.45) is 7.05 Å². The summed E-state index contributed by atoms with van der Waals surface area (Å²) < 4.78 is 1.90. The number of hydrogen-bond acceptors (Lipinski definition) is 3. The Morgan fingerprint density at radius 1 is 1.05 bits per heavy atom. The number of aromatic nitrogens is 1. The number of hydrogen-bond donors (Lipinski definition) is 0. The van der Waals surface area contributed by atoms with E-state index in [9.17, 15) is 4.79 Å². The van der Waals surface area contributed by atoms with Crippen molar-refractivity contribution in [1.82, 2.24) is 4.57 Å². The number of rotatable bonds is 0. The molecule has 0 amide bonds. The fourth-order valence-corrected chi connectivity index (χ4v) is 2.44. The maximum atomic E-state index is 12.2. The van der Waals surface area contributed by atoms with Crippen LogP contribution in [0.2, 0.25) is 0 Å². The summed E-state index contributed by atoms with van der Waals surface area (Å²) in [4.78, 5) is 12.2. The molecule has 0 atom stereocenters. The van der Waals surface area contributed by atoms with Crippen LogP contribution in [0.4, 0.5) is 0 Å². The van der Waals surface area contributed by atoms with E-state index in [2.05, 4.69) is 6.07 Å². The van der Waals surface area contributed by atoms with Gasteiger partial charge in [0.2, 0.25) is 5.43 Å². The van der Waals surface area contributed by atoms with Crippen LogP contribution in [0.5, 0.6) is 0 Å². The van der Waals surface area contributed by atoms with Crippen molar-refractivity contribution >= 4 is 10.9 Å². The first-order valence-electron chi connectivity index (χ1n) is 6.02. The van der Waals surface area contributed by atoms with Crippen molar-refractivity contribution in [3.8, 4) is 23.4 Å². The Kier molecular flexibility index (Phi) is 2.52. The summed E-state index contributed by atoms with van der Waals surface area (Å²) in [6.45, 7) is 0. The summed E-state index contributed by atoms with van der Waals surface area (Å²) in [5, 5.41) is 18.7. The number of aryl methyl sites for hydroxylation is 1. The van der Waals surface area contributed by atoms with Gasteiger partial charge in [0.1, 0.15) is 11.6 Å². The molecule has 0 unspecified atom stereocenters. The van der Waals surface area contributed by atoms with Crippen molar-refractivity contribution < 1.29 is 0 Å². The Hall–Kier alpha value is -3.11. The first-order chi connectivity index (χ1) is 9.65. The minimum absolute atomic E-state index is 0.133.